The van der Waals surface area contributed by atoms with E-state index in [1.807, 2.05) is 58.9 Å². The third kappa shape index (κ3) is 5.60. The molecule has 3 amide bonds. The molecule has 1 aliphatic heterocycles. The van der Waals surface area contributed by atoms with Gasteiger partial charge >= 0.3 is 0 Å². The lowest BCUT2D eigenvalue weighted by Gasteiger charge is -2.36. The van der Waals surface area contributed by atoms with Gasteiger partial charge < -0.3 is 25.6 Å². The van der Waals surface area contributed by atoms with Gasteiger partial charge in [-0.05, 0) is 47.1 Å². The standard InChI is InChI=1S/C30H42N4O5/c1-16(2)12-21(32-26(37)20-13-17-10-8-9-11-19(17)31-20)28(39)34-14-18-23(30(18,6)7)24(34)27(38)33-25(22(36)15-35)29(3,4)5/h8-11,13,16,18,21,23-25,31,35H,12,14-15H2,1-7H3,(H,32,37)(H,33,38)/t18-,21-,23-,24-,25+/m0/s1. The number of Topliss-reactive ketones (excluding diaryl/α,β-unsaturated/α-hetero) is 1. The van der Waals surface area contributed by atoms with Crippen LogP contribution >= 0.6 is 0 Å². The fourth-order valence-electron chi connectivity index (χ4n) is 6.24. The number of piperidine rings is 1. The highest BCUT2D eigenvalue weighted by Gasteiger charge is 2.69. The molecule has 2 aliphatic rings. The van der Waals surface area contributed by atoms with Crippen LogP contribution in [-0.2, 0) is 14.4 Å². The Hall–Kier alpha value is -3.20. The number of hydrogen-bond donors (Lipinski definition) is 4. The first-order valence-electron chi connectivity index (χ1n) is 13.8. The molecule has 1 saturated carbocycles. The summed E-state index contributed by atoms with van der Waals surface area (Å²) in [6, 6.07) is 6.88. The van der Waals surface area contributed by atoms with Crippen LogP contribution in [-0.4, -0.2) is 69.8 Å². The summed E-state index contributed by atoms with van der Waals surface area (Å²) < 4.78 is 0. The van der Waals surface area contributed by atoms with Gasteiger partial charge in [0.1, 0.15) is 24.4 Å². The first-order valence-corrected chi connectivity index (χ1v) is 13.8. The summed E-state index contributed by atoms with van der Waals surface area (Å²) in [5.41, 5.74) is 0.472. The number of aromatic amines is 1. The van der Waals surface area contributed by atoms with Crippen molar-refractivity contribution < 1.29 is 24.3 Å². The van der Waals surface area contributed by atoms with Crippen LogP contribution in [0.3, 0.4) is 0 Å². The van der Waals surface area contributed by atoms with Crippen LogP contribution in [0.15, 0.2) is 30.3 Å². The van der Waals surface area contributed by atoms with Crippen LogP contribution in [0.4, 0.5) is 0 Å². The third-order valence-corrected chi connectivity index (χ3v) is 8.48. The largest absolute Gasteiger partial charge is 0.389 e. The van der Waals surface area contributed by atoms with Crippen molar-refractivity contribution in [2.75, 3.05) is 13.2 Å². The van der Waals surface area contributed by atoms with E-state index in [4.69, 9.17) is 0 Å². The summed E-state index contributed by atoms with van der Waals surface area (Å²) in [6.45, 7) is 13.4. The molecule has 1 aliphatic carbocycles. The third-order valence-electron chi connectivity index (χ3n) is 8.48. The van der Waals surface area contributed by atoms with Gasteiger partial charge in [-0.2, -0.15) is 0 Å². The first-order chi connectivity index (χ1) is 18.2. The molecule has 39 heavy (non-hydrogen) atoms. The zero-order valence-corrected chi connectivity index (χ0v) is 24.0. The Bertz CT molecular complexity index is 1240. The number of aliphatic hydroxyl groups excluding tert-OH is 1. The zero-order chi connectivity index (χ0) is 28.9. The van der Waals surface area contributed by atoms with Crippen molar-refractivity contribution in [2.45, 2.75) is 73.0 Å². The Kier molecular flexibility index (Phi) is 7.69. The number of likely N-dealkylation sites (tertiary alicyclic amines) is 1. The number of ketones is 1. The molecule has 2 heterocycles. The highest BCUT2D eigenvalue weighted by Crippen LogP contribution is 2.65. The maximum absolute atomic E-state index is 14.0. The number of rotatable bonds is 9. The molecule has 0 unspecified atom stereocenters. The molecule has 1 aromatic carbocycles. The molecule has 4 rings (SSSR count). The normalized spacial score (nSPS) is 23.3. The van der Waals surface area contributed by atoms with Crippen molar-refractivity contribution in [1.82, 2.24) is 20.5 Å². The lowest BCUT2D eigenvalue weighted by molar-refractivity contribution is -0.143. The fourth-order valence-corrected chi connectivity index (χ4v) is 6.24. The van der Waals surface area contributed by atoms with Crippen molar-refractivity contribution in [1.29, 1.82) is 0 Å². The van der Waals surface area contributed by atoms with Crippen LogP contribution in [0.25, 0.3) is 10.9 Å². The Balaban J connectivity index is 1.58. The van der Waals surface area contributed by atoms with Crippen molar-refractivity contribution in [3.05, 3.63) is 36.0 Å². The van der Waals surface area contributed by atoms with E-state index in [9.17, 15) is 24.3 Å². The quantitative estimate of drug-likeness (QED) is 0.390. The summed E-state index contributed by atoms with van der Waals surface area (Å²) in [7, 11) is 0. The second-order valence-electron chi connectivity index (χ2n) is 13.2. The Morgan fingerprint density at radius 2 is 1.79 bits per heavy atom. The number of amides is 3. The predicted octanol–water partition coefficient (Wildman–Crippen LogP) is 2.89. The number of H-pyrrole nitrogens is 1. The molecule has 0 spiro atoms. The minimum absolute atomic E-state index is 0.0459. The van der Waals surface area contributed by atoms with Gasteiger partial charge in [-0.15, -0.1) is 0 Å². The summed E-state index contributed by atoms with van der Waals surface area (Å²) in [5, 5.41) is 16.2. The molecule has 4 N–H and O–H groups in total. The number of nitrogens with zero attached hydrogens (tertiary/aromatic N) is 1. The number of aromatic nitrogens is 1. The van der Waals surface area contributed by atoms with Gasteiger partial charge in [0.05, 0.1) is 6.04 Å². The SMILES string of the molecule is CC(C)C[C@H](NC(=O)c1cc2ccccc2[nH]1)C(=O)N1C[C@H]2[C@@H]([C@H]1C(=O)N[C@H](C(=O)CO)C(C)(C)C)C2(C)C. The molecule has 2 aromatic rings. The van der Waals surface area contributed by atoms with Crippen LogP contribution in [0.2, 0.25) is 0 Å². The topological polar surface area (TPSA) is 132 Å². The number of aliphatic hydroxyl groups is 1. The molecule has 1 saturated heterocycles. The maximum atomic E-state index is 14.0. The second-order valence-corrected chi connectivity index (χ2v) is 13.2. The number of fused-ring (bicyclic) bond motifs is 2. The molecule has 1 aromatic heterocycles. The summed E-state index contributed by atoms with van der Waals surface area (Å²) in [4.78, 5) is 58.2. The summed E-state index contributed by atoms with van der Waals surface area (Å²) in [5.74, 6) is -1.31. The molecule has 2 fully saturated rings. The van der Waals surface area contributed by atoms with Crippen LogP contribution in [0.5, 0.6) is 0 Å². The smallest absolute Gasteiger partial charge is 0.268 e. The highest BCUT2D eigenvalue weighted by atomic mass is 16.3. The van der Waals surface area contributed by atoms with Gasteiger partial charge in [-0.3, -0.25) is 19.2 Å². The van der Waals surface area contributed by atoms with Gasteiger partial charge in [0.15, 0.2) is 5.78 Å². The van der Waals surface area contributed by atoms with Crippen molar-refractivity contribution in [3.63, 3.8) is 0 Å². The minimum Gasteiger partial charge on any atom is -0.389 e. The molecule has 212 valence electrons. The average molecular weight is 539 g/mol. The Labute approximate surface area is 230 Å². The number of para-hydroxylation sites is 1. The number of hydrogen-bond acceptors (Lipinski definition) is 5. The monoisotopic (exact) mass is 538 g/mol. The van der Waals surface area contributed by atoms with E-state index in [0.29, 0.717) is 18.7 Å². The van der Waals surface area contributed by atoms with E-state index < -0.39 is 41.8 Å². The van der Waals surface area contributed by atoms with E-state index in [0.717, 1.165) is 10.9 Å². The molecule has 0 bridgehead atoms. The molecule has 9 heteroatoms. The average Bonchev–Trinajstić information content (AvgIpc) is 3.23. The van der Waals surface area contributed by atoms with Gasteiger partial charge in [0.25, 0.3) is 5.91 Å². The van der Waals surface area contributed by atoms with Crippen LogP contribution in [0.1, 0.15) is 65.4 Å². The van der Waals surface area contributed by atoms with E-state index in [-0.39, 0.29) is 35.0 Å². The number of benzene rings is 1. The van der Waals surface area contributed by atoms with Crippen LogP contribution in [0, 0.1) is 28.6 Å². The van der Waals surface area contributed by atoms with E-state index in [1.165, 1.54) is 0 Å². The van der Waals surface area contributed by atoms with Gasteiger partial charge in [0.2, 0.25) is 11.8 Å². The fraction of sp³-hybridized carbons (Fsp3) is 0.600. The van der Waals surface area contributed by atoms with Gasteiger partial charge in [-0.1, -0.05) is 66.7 Å². The molecular formula is C30H42N4O5. The minimum atomic E-state index is -0.888. The number of carbonyl (C=O) groups excluding carboxylic acids is 4. The molecular weight excluding hydrogens is 496 g/mol. The molecule has 5 atom stereocenters. The predicted molar refractivity (Wildman–Crippen MR) is 149 cm³/mol. The number of nitrogens with one attached hydrogen (secondary N) is 3. The van der Waals surface area contributed by atoms with E-state index >= 15 is 0 Å². The first kappa shape index (κ1) is 28.8. The van der Waals surface area contributed by atoms with Gasteiger partial charge in [0, 0.05) is 17.4 Å². The highest BCUT2D eigenvalue weighted by molar-refractivity contribution is 6.01. The number of carbonyl (C=O) groups is 4. The lowest BCUT2D eigenvalue weighted by atomic mass is 9.84. The zero-order valence-electron chi connectivity index (χ0n) is 24.0. The molecule has 0 radical (unpaired) electrons. The van der Waals surface area contributed by atoms with E-state index in [2.05, 4.69) is 29.5 Å². The second kappa shape index (κ2) is 10.4. The summed E-state index contributed by atoms with van der Waals surface area (Å²) in [6.07, 6.45) is 0.419. The van der Waals surface area contributed by atoms with E-state index in [1.54, 1.807) is 11.0 Å². The van der Waals surface area contributed by atoms with Crippen molar-refractivity contribution >= 4 is 34.4 Å². The van der Waals surface area contributed by atoms with Crippen molar-refractivity contribution in [2.24, 2.45) is 28.6 Å². The lowest BCUT2D eigenvalue weighted by Crippen LogP contribution is -2.59. The van der Waals surface area contributed by atoms with Gasteiger partial charge in [-0.25, -0.2) is 0 Å². The molecule has 9 nitrogen and oxygen atoms in total. The summed E-state index contributed by atoms with van der Waals surface area (Å²) >= 11 is 0. The van der Waals surface area contributed by atoms with Crippen molar-refractivity contribution in [3.8, 4) is 0 Å². The maximum Gasteiger partial charge on any atom is 0.268 e. The Morgan fingerprint density at radius 3 is 2.38 bits per heavy atom. The van der Waals surface area contributed by atoms with Crippen LogP contribution < -0.4 is 10.6 Å². The Morgan fingerprint density at radius 1 is 1.13 bits per heavy atom.